The highest BCUT2D eigenvalue weighted by Gasteiger charge is 2.21. The van der Waals surface area contributed by atoms with E-state index >= 15 is 0 Å². The largest absolute Gasteiger partial charge is 0.481 e. The number of benzene rings is 1. The molecular formula is C16H23NO2. The van der Waals surface area contributed by atoms with Gasteiger partial charge in [0, 0.05) is 18.7 Å². The Hall–Kier alpha value is -1.50. The first-order valence-corrected chi connectivity index (χ1v) is 6.48. The van der Waals surface area contributed by atoms with E-state index in [2.05, 4.69) is 11.2 Å². The third-order valence-electron chi connectivity index (χ3n) is 2.94. The molecule has 0 amide bonds. The Morgan fingerprint density at radius 3 is 2.68 bits per heavy atom. The quantitative estimate of drug-likeness (QED) is 0.771. The lowest BCUT2D eigenvalue weighted by atomic mass is 9.89. The van der Waals surface area contributed by atoms with Crippen molar-refractivity contribution in [3.63, 3.8) is 0 Å². The van der Waals surface area contributed by atoms with Crippen LogP contribution in [0.25, 0.3) is 0 Å². The van der Waals surface area contributed by atoms with Crippen molar-refractivity contribution in [1.82, 2.24) is 5.32 Å². The van der Waals surface area contributed by atoms with Gasteiger partial charge in [-0.25, -0.2) is 0 Å². The number of nitrogens with one attached hydrogen (secondary N) is 1. The zero-order valence-corrected chi connectivity index (χ0v) is 11.9. The minimum absolute atomic E-state index is 0.119. The minimum Gasteiger partial charge on any atom is -0.481 e. The minimum atomic E-state index is -0.383. The number of aliphatic hydroxyl groups excluding tert-OH is 1. The van der Waals surface area contributed by atoms with Crippen molar-refractivity contribution in [3.8, 4) is 18.1 Å². The number of para-hydroxylation sites is 1. The Morgan fingerprint density at radius 2 is 2.05 bits per heavy atom. The third kappa shape index (κ3) is 5.34. The highest BCUT2D eigenvalue weighted by atomic mass is 16.5. The third-order valence-corrected chi connectivity index (χ3v) is 2.94. The zero-order chi connectivity index (χ0) is 14.3. The maximum absolute atomic E-state index is 9.95. The summed E-state index contributed by atoms with van der Waals surface area (Å²) >= 11 is 0. The van der Waals surface area contributed by atoms with E-state index < -0.39 is 0 Å². The molecule has 104 valence electrons. The maximum atomic E-state index is 9.95. The van der Waals surface area contributed by atoms with Gasteiger partial charge in [0.15, 0.2) is 0 Å². The van der Waals surface area contributed by atoms with Crippen molar-refractivity contribution in [2.45, 2.75) is 33.4 Å². The van der Waals surface area contributed by atoms with Gasteiger partial charge in [0.25, 0.3) is 0 Å². The van der Waals surface area contributed by atoms with Crippen LogP contribution < -0.4 is 10.1 Å². The van der Waals surface area contributed by atoms with E-state index in [9.17, 15) is 5.11 Å². The van der Waals surface area contributed by atoms with Crippen molar-refractivity contribution >= 4 is 0 Å². The molecular weight excluding hydrogens is 238 g/mol. The fourth-order valence-electron chi connectivity index (χ4n) is 1.56. The SMILES string of the molecule is C#CCOc1ccccc1CNCC(O)C(C)(C)C. The number of rotatable bonds is 6. The van der Waals surface area contributed by atoms with Gasteiger partial charge < -0.3 is 15.2 Å². The first kappa shape index (κ1) is 15.6. The Balaban J connectivity index is 2.51. The molecule has 0 fully saturated rings. The normalized spacial score (nSPS) is 12.8. The Bertz CT molecular complexity index is 429. The van der Waals surface area contributed by atoms with E-state index in [0.717, 1.165) is 11.3 Å². The molecule has 1 aromatic carbocycles. The van der Waals surface area contributed by atoms with E-state index in [4.69, 9.17) is 11.2 Å². The molecule has 0 saturated heterocycles. The van der Waals surface area contributed by atoms with E-state index in [1.54, 1.807) is 0 Å². The first-order valence-electron chi connectivity index (χ1n) is 6.48. The van der Waals surface area contributed by atoms with Crippen molar-refractivity contribution in [2.75, 3.05) is 13.2 Å². The molecule has 0 aliphatic rings. The molecule has 1 atom stereocenters. The molecule has 3 heteroatoms. The summed E-state index contributed by atoms with van der Waals surface area (Å²) in [5, 5.41) is 13.2. The topological polar surface area (TPSA) is 41.5 Å². The second kappa shape index (κ2) is 7.18. The first-order chi connectivity index (χ1) is 8.95. The summed E-state index contributed by atoms with van der Waals surface area (Å²) < 4.78 is 5.47. The van der Waals surface area contributed by atoms with Gasteiger partial charge in [-0.05, 0) is 11.5 Å². The second-order valence-corrected chi connectivity index (χ2v) is 5.61. The molecule has 0 radical (unpaired) electrons. The van der Waals surface area contributed by atoms with E-state index in [1.165, 1.54) is 0 Å². The monoisotopic (exact) mass is 261 g/mol. The van der Waals surface area contributed by atoms with Crippen molar-refractivity contribution in [1.29, 1.82) is 0 Å². The molecule has 2 N–H and O–H groups in total. The van der Waals surface area contributed by atoms with Crippen LogP contribution in [0.5, 0.6) is 5.75 Å². The average molecular weight is 261 g/mol. The van der Waals surface area contributed by atoms with Gasteiger partial charge in [-0.2, -0.15) is 0 Å². The van der Waals surface area contributed by atoms with Crippen LogP contribution in [0.3, 0.4) is 0 Å². The molecule has 19 heavy (non-hydrogen) atoms. The summed E-state index contributed by atoms with van der Waals surface area (Å²) in [6, 6.07) is 7.76. The lowest BCUT2D eigenvalue weighted by molar-refractivity contribution is 0.0627. The fraction of sp³-hybridized carbons (Fsp3) is 0.500. The van der Waals surface area contributed by atoms with Crippen LogP contribution in [0.2, 0.25) is 0 Å². The van der Waals surface area contributed by atoms with E-state index in [0.29, 0.717) is 13.1 Å². The van der Waals surface area contributed by atoms with Crippen LogP contribution in [0.15, 0.2) is 24.3 Å². The summed E-state index contributed by atoms with van der Waals surface area (Å²) in [7, 11) is 0. The van der Waals surface area contributed by atoms with Crippen LogP contribution in [0, 0.1) is 17.8 Å². The molecule has 0 heterocycles. The molecule has 1 aromatic rings. The van der Waals surface area contributed by atoms with Crippen molar-refractivity contribution in [3.05, 3.63) is 29.8 Å². The van der Waals surface area contributed by atoms with Gasteiger partial charge in [0.05, 0.1) is 6.10 Å². The van der Waals surface area contributed by atoms with Crippen LogP contribution in [0.4, 0.5) is 0 Å². The van der Waals surface area contributed by atoms with Crippen molar-refractivity contribution in [2.24, 2.45) is 5.41 Å². The second-order valence-electron chi connectivity index (χ2n) is 5.61. The molecule has 0 aliphatic heterocycles. The molecule has 1 rings (SSSR count). The molecule has 3 nitrogen and oxygen atoms in total. The number of terminal acetylenes is 1. The van der Waals surface area contributed by atoms with Crippen LogP contribution >= 0.6 is 0 Å². The molecule has 0 aromatic heterocycles. The highest BCUT2D eigenvalue weighted by Crippen LogP contribution is 2.20. The van der Waals surface area contributed by atoms with Gasteiger partial charge >= 0.3 is 0 Å². The van der Waals surface area contributed by atoms with Gasteiger partial charge in [0.1, 0.15) is 12.4 Å². The average Bonchev–Trinajstić information content (AvgIpc) is 2.36. The van der Waals surface area contributed by atoms with Gasteiger partial charge in [-0.1, -0.05) is 44.9 Å². The standard InChI is InChI=1S/C16H23NO2/c1-5-10-19-14-9-7-6-8-13(14)11-17-12-15(18)16(2,3)4/h1,6-9,15,17-18H,10-12H2,2-4H3. The van der Waals surface area contributed by atoms with Gasteiger partial charge in [-0.3, -0.25) is 0 Å². The predicted octanol–water partition coefficient (Wildman–Crippen LogP) is 2.20. The summed E-state index contributed by atoms with van der Waals surface area (Å²) in [5.74, 6) is 3.24. The fourth-order valence-corrected chi connectivity index (χ4v) is 1.56. The van der Waals surface area contributed by atoms with Crippen LogP contribution in [-0.2, 0) is 6.54 Å². The van der Waals surface area contributed by atoms with Gasteiger partial charge in [0.2, 0.25) is 0 Å². The lowest BCUT2D eigenvalue weighted by Gasteiger charge is -2.26. The van der Waals surface area contributed by atoms with Crippen LogP contribution in [0.1, 0.15) is 26.3 Å². The maximum Gasteiger partial charge on any atom is 0.148 e. The number of hydrogen-bond acceptors (Lipinski definition) is 3. The predicted molar refractivity (Wildman–Crippen MR) is 77.9 cm³/mol. The van der Waals surface area contributed by atoms with Crippen LogP contribution in [-0.4, -0.2) is 24.4 Å². The molecule has 0 saturated carbocycles. The van der Waals surface area contributed by atoms with E-state index in [-0.39, 0.29) is 18.1 Å². The number of ether oxygens (including phenoxy) is 1. The number of hydrogen-bond donors (Lipinski definition) is 2. The summed E-state index contributed by atoms with van der Waals surface area (Å²) in [6.07, 6.45) is 4.81. The zero-order valence-electron chi connectivity index (χ0n) is 11.9. The number of aliphatic hydroxyl groups is 1. The Morgan fingerprint density at radius 1 is 1.37 bits per heavy atom. The molecule has 0 spiro atoms. The molecule has 0 aliphatic carbocycles. The Labute approximate surface area is 116 Å². The summed E-state index contributed by atoms with van der Waals surface area (Å²) in [4.78, 5) is 0. The van der Waals surface area contributed by atoms with Crippen molar-refractivity contribution < 1.29 is 9.84 Å². The van der Waals surface area contributed by atoms with E-state index in [1.807, 2.05) is 45.0 Å². The summed E-state index contributed by atoms with van der Waals surface area (Å²) in [5.41, 5.74) is 0.922. The van der Waals surface area contributed by atoms with Gasteiger partial charge in [-0.15, -0.1) is 6.42 Å². The Kier molecular flexibility index (Phi) is 5.88. The summed E-state index contributed by atoms with van der Waals surface area (Å²) in [6.45, 7) is 7.51. The molecule has 1 unspecified atom stereocenters. The molecule has 0 bridgehead atoms. The lowest BCUT2D eigenvalue weighted by Crippen LogP contribution is -2.36. The highest BCUT2D eigenvalue weighted by molar-refractivity contribution is 5.33. The smallest absolute Gasteiger partial charge is 0.148 e.